The van der Waals surface area contributed by atoms with Crippen molar-refractivity contribution < 1.29 is 19.1 Å². The molecule has 2 bridgehead atoms. The minimum absolute atomic E-state index is 0.0753. The molecule has 186 valence electrons. The topological polar surface area (TPSA) is 62.3 Å². The highest BCUT2D eigenvalue weighted by atomic mass is 16.7. The monoisotopic (exact) mass is 477 g/mol. The molecule has 4 fully saturated rings. The first-order chi connectivity index (χ1) is 17.1. The number of piperidine rings is 3. The van der Waals surface area contributed by atoms with E-state index in [1.807, 2.05) is 23.1 Å². The quantitative estimate of drug-likeness (QED) is 0.626. The highest BCUT2D eigenvalue weighted by Gasteiger charge is 2.48. The van der Waals surface area contributed by atoms with E-state index in [0.717, 1.165) is 49.0 Å². The summed E-state index contributed by atoms with van der Waals surface area (Å²) in [5.74, 6) is 2.72. The minimum atomic E-state index is -0.236. The van der Waals surface area contributed by atoms with Crippen LogP contribution in [0.15, 0.2) is 29.8 Å². The Hall–Kier alpha value is -2.54. The normalized spacial score (nSPS) is 33.9. The molecule has 5 heterocycles. The van der Waals surface area contributed by atoms with Crippen molar-refractivity contribution in [1.29, 1.82) is 0 Å². The molecule has 7 nitrogen and oxygen atoms in total. The van der Waals surface area contributed by atoms with Crippen molar-refractivity contribution in [2.45, 2.75) is 63.6 Å². The molecule has 7 heteroatoms. The molecule has 1 aromatic carbocycles. The summed E-state index contributed by atoms with van der Waals surface area (Å²) in [5, 5.41) is 0. The number of likely N-dealkylation sites (tertiary alicyclic amines) is 2. The Bertz CT molecular complexity index is 1070. The SMILES string of the molecule is O=C1CC(C(=O)N2CCCC3=C[C@@H]4C[C@@H](CN5CCCCC45)C32)CN1Cc1ccc2c(c1)OCO2. The van der Waals surface area contributed by atoms with Crippen molar-refractivity contribution in [1.82, 2.24) is 14.7 Å². The zero-order valence-electron chi connectivity index (χ0n) is 20.4. The van der Waals surface area contributed by atoms with Gasteiger partial charge in [0.2, 0.25) is 18.6 Å². The van der Waals surface area contributed by atoms with E-state index in [2.05, 4.69) is 15.9 Å². The van der Waals surface area contributed by atoms with Gasteiger partial charge in [0, 0.05) is 38.6 Å². The number of hydrogen-bond acceptors (Lipinski definition) is 5. The van der Waals surface area contributed by atoms with Crippen molar-refractivity contribution in [2.24, 2.45) is 17.8 Å². The van der Waals surface area contributed by atoms with Gasteiger partial charge in [0.25, 0.3) is 0 Å². The third-order valence-electron chi connectivity index (χ3n) is 9.31. The molecule has 1 aliphatic carbocycles. The van der Waals surface area contributed by atoms with Crippen molar-refractivity contribution in [3.8, 4) is 11.5 Å². The number of fused-ring (bicyclic) bond motifs is 7. The van der Waals surface area contributed by atoms with Gasteiger partial charge in [0.1, 0.15) is 0 Å². The van der Waals surface area contributed by atoms with Gasteiger partial charge in [0.15, 0.2) is 11.5 Å². The molecular weight excluding hydrogens is 442 g/mol. The minimum Gasteiger partial charge on any atom is -0.454 e. The fraction of sp³-hybridized carbons (Fsp3) is 0.643. The zero-order chi connectivity index (χ0) is 23.5. The predicted octanol–water partition coefficient (Wildman–Crippen LogP) is 3.19. The molecule has 3 unspecified atom stereocenters. The Morgan fingerprint density at radius 2 is 1.97 bits per heavy atom. The Morgan fingerprint density at radius 3 is 2.91 bits per heavy atom. The molecule has 0 N–H and O–H groups in total. The molecule has 0 aromatic heterocycles. The van der Waals surface area contributed by atoms with E-state index in [9.17, 15) is 9.59 Å². The Labute approximate surface area is 207 Å². The predicted molar refractivity (Wildman–Crippen MR) is 130 cm³/mol. The summed E-state index contributed by atoms with van der Waals surface area (Å²) < 4.78 is 10.9. The summed E-state index contributed by atoms with van der Waals surface area (Å²) in [6, 6.07) is 6.79. The van der Waals surface area contributed by atoms with Gasteiger partial charge in [-0.25, -0.2) is 0 Å². The maximum absolute atomic E-state index is 13.9. The second-order valence-corrected chi connectivity index (χ2v) is 11.4. The molecule has 5 aliphatic heterocycles. The van der Waals surface area contributed by atoms with E-state index in [1.54, 1.807) is 0 Å². The first kappa shape index (κ1) is 21.7. The van der Waals surface area contributed by atoms with Gasteiger partial charge in [-0.2, -0.15) is 0 Å². The highest BCUT2D eigenvalue weighted by Crippen LogP contribution is 2.45. The number of carbonyl (C=O) groups is 2. The number of hydrogen-bond donors (Lipinski definition) is 0. The molecule has 0 radical (unpaired) electrons. The van der Waals surface area contributed by atoms with E-state index in [-0.39, 0.29) is 30.6 Å². The van der Waals surface area contributed by atoms with Gasteiger partial charge in [-0.05, 0) is 68.2 Å². The molecule has 1 aromatic rings. The summed E-state index contributed by atoms with van der Waals surface area (Å²) in [5.41, 5.74) is 2.52. The summed E-state index contributed by atoms with van der Waals surface area (Å²) in [6.07, 6.45) is 10.3. The lowest BCUT2D eigenvalue weighted by Crippen LogP contribution is -2.60. The number of nitrogens with zero attached hydrogens (tertiary/aromatic N) is 3. The molecule has 5 atom stereocenters. The van der Waals surface area contributed by atoms with Crippen LogP contribution in [0.5, 0.6) is 11.5 Å². The average Bonchev–Trinajstić information content (AvgIpc) is 3.49. The Balaban J connectivity index is 1.07. The third-order valence-corrected chi connectivity index (χ3v) is 9.31. The molecule has 0 spiro atoms. The van der Waals surface area contributed by atoms with Crippen LogP contribution < -0.4 is 9.47 Å². The maximum atomic E-state index is 13.9. The highest BCUT2D eigenvalue weighted by molar-refractivity contribution is 5.89. The van der Waals surface area contributed by atoms with E-state index >= 15 is 0 Å². The van der Waals surface area contributed by atoms with Crippen LogP contribution in [0.2, 0.25) is 0 Å². The molecule has 4 saturated heterocycles. The fourth-order valence-corrected chi connectivity index (χ4v) is 7.81. The van der Waals surface area contributed by atoms with Gasteiger partial charge in [-0.3, -0.25) is 14.5 Å². The molecule has 0 saturated carbocycles. The first-order valence-electron chi connectivity index (χ1n) is 13.6. The van der Waals surface area contributed by atoms with Gasteiger partial charge in [0.05, 0.1) is 12.0 Å². The Morgan fingerprint density at radius 1 is 1.06 bits per heavy atom. The smallest absolute Gasteiger partial charge is 0.231 e. The second-order valence-electron chi connectivity index (χ2n) is 11.4. The van der Waals surface area contributed by atoms with E-state index in [4.69, 9.17) is 9.47 Å². The number of rotatable bonds is 3. The lowest BCUT2D eigenvalue weighted by Gasteiger charge is -2.55. The van der Waals surface area contributed by atoms with E-state index in [0.29, 0.717) is 31.3 Å². The van der Waals surface area contributed by atoms with Gasteiger partial charge >= 0.3 is 0 Å². The molecule has 35 heavy (non-hydrogen) atoms. The van der Waals surface area contributed by atoms with Gasteiger partial charge in [-0.1, -0.05) is 24.1 Å². The maximum Gasteiger partial charge on any atom is 0.231 e. The van der Waals surface area contributed by atoms with Crippen LogP contribution in [0.4, 0.5) is 0 Å². The van der Waals surface area contributed by atoms with E-state index in [1.165, 1.54) is 37.8 Å². The second kappa shape index (κ2) is 8.54. The molecular formula is C28H35N3O4. The first-order valence-corrected chi connectivity index (χ1v) is 13.6. The Kier molecular flexibility index (Phi) is 5.30. The van der Waals surface area contributed by atoms with Crippen LogP contribution in [0.1, 0.15) is 50.5 Å². The van der Waals surface area contributed by atoms with Gasteiger partial charge in [-0.15, -0.1) is 0 Å². The lowest BCUT2D eigenvalue weighted by atomic mass is 9.68. The lowest BCUT2D eigenvalue weighted by molar-refractivity contribution is -0.140. The molecule has 7 rings (SSSR count). The van der Waals surface area contributed by atoms with Crippen LogP contribution in [0.3, 0.4) is 0 Å². The van der Waals surface area contributed by atoms with Gasteiger partial charge < -0.3 is 19.3 Å². The van der Waals surface area contributed by atoms with Crippen molar-refractivity contribution in [3.63, 3.8) is 0 Å². The summed E-state index contributed by atoms with van der Waals surface area (Å²) in [4.78, 5) is 33.5. The molecule has 2 amide bonds. The van der Waals surface area contributed by atoms with Crippen LogP contribution in [-0.4, -0.2) is 71.6 Å². The largest absolute Gasteiger partial charge is 0.454 e. The number of carbonyl (C=O) groups excluding carboxylic acids is 2. The number of benzene rings is 1. The third kappa shape index (κ3) is 3.74. The van der Waals surface area contributed by atoms with Crippen molar-refractivity contribution >= 4 is 11.8 Å². The zero-order valence-corrected chi connectivity index (χ0v) is 20.4. The fourth-order valence-electron chi connectivity index (χ4n) is 7.81. The number of amides is 2. The number of ether oxygens (including phenoxy) is 2. The van der Waals surface area contributed by atoms with Crippen molar-refractivity contribution in [2.75, 3.05) is 33.0 Å². The van der Waals surface area contributed by atoms with E-state index < -0.39 is 0 Å². The standard InChI is InChI=1S/C28H35N3O4/c32-26-13-22(16-30(26)14-18-6-7-24-25(10-18)35-17-34-24)28(33)31-9-3-4-19-11-20-12-21(27(19)31)15-29-8-2-1-5-23(20)29/h6-7,10-11,20-23,27H,1-5,8-9,12-17H2/t20-,21+,22?,23?,27?/m1/s1. The van der Waals surface area contributed by atoms with Crippen molar-refractivity contribution in [3.05, 3.63) is 35.4 Å². The summed E-state index contributed by atoms with van der Waals surface area (Å²) >= 11 is 0. The van der Waals surface area contributed by atoms with Crippen LogP contribution in [0, 0.1) is 17.8 Å². The molecule has 6 aliphatic rings. The van der Waals surface area contributed by atoms with Crippen LogP contribution >= 0.6 is 0 Å². The summed E-state index contributed by atoms with van der Waals surface area (Å²) in [7, 11) is 0. The average molecular weight is 478 g/mol. The summed E-state index contributed by atoms with van der Waals surface area (Å²) in [6.45, 7) is 4.44. The van der Waals surface area contributed by atoms with Crippen LogP contribution in [-0.2, 0) is 16.1 Å². The van der Waals surface area contributed by atoms with Crippen LogP contribution in [0.25, 0.3) is 0 Å².